The Hall–Kier alpha value is -12.0. The molecule has 20 rings (SSSR count). The standard InChI is InChI=1S/C22H29N9O2S2.C20H25N9O2S2.C20H25N9OS.C19H22N8S/c1-14-9-20(34-22(14)35(32,33)28(2)3)26-19-10-18(30-7-5-16(23)6-8-30)27-21-17(12-25-31(19)21)15-11-24-29(4)13-15;1-12-5-18(32-20(12)33(30,31)26(2)3)24-17-6-16(28-10-14(21)11-28)25-19-15(8-23-29(17)19)13-7-22-27(4)9-13;1-13-7-18(31-26-13)24-17-8-16(28-5-3-20(21,12-30)4-6-28)25-19-15(10-23-29(17)19)14-9-22-27(2)11-14;1-4-13-9-26(10-13)16-6-17(22-18-5-12(2)24-28-18)27-19(23-16)15(8-21-27)14-7-20-25(3)11-14/h9-13,16,26H,5-8,23H2,1-4H3;5-9,14,24H,10-11,21H2,1-4H3;7-11,24,30H,3-6,12,21H2,1-2H3;5-8,11,13,22H,4,9-10H2,1-3H3. The molecule has 4 fully saturated rings. The summed E-state index contributed by atoms with van der Waals surface area (Å²) >= 11 is 5.25. The number of rotatable bonds is 22. The molecule has 46 heteroatoms. The van der Waals surface area contributed by atoms with E-state index in [1.54, 1.807) is 66.4 Å². The molecule has 16 aromatic heterocycles. The van der Waals surface area contributed by atoms with Crippen molar-refractivity contribution >= 4 is 155 Å². The molecular formula is C81H101N35O5S6. The van der Waals surface area contributed by atoms with Crippen molar-refractivity contribution < 1.29 is 21.9 Å². The van der Waals surface area contributed by atoms with Gasteiger partial charge in [0, 0.05) is 220 Å². The first-order valence-corrected chi connectivity index (χ1v) is 47.3. The zero-order chi connectivity index (χ0) is 89.2. The van der Waals surface area contributed by atoms with Crippen LogP contribution in [0.4, 0.5) is 66.5 Å². The van der Waals surface area contributed by atoms with Gasteiger partial charge in [0.05, 0.1) is 77.6 Å². The number of fused-ring (bicyclic) bond motifs is 4. The molecule has 0 spiro atoms. The second-order valence-electron chi connectivity index (χ2n) is 32.9. The second kappa shape index (κ2) is 35.3. The van der Waals surface area contributed by atoms with Gasteiger partial charge in [0.1, 0.15) is 65.0 Å². The van der Waals surface area contributed by atoms with Crippen LogP contribution in [0, 0.1) is 33.6 Å². The Morgan fingerprint density at radius 3 is 1.06 bits per heavy atom. The third-order valence-corrected chi connectivity index (χ3v) is 31.4. The van der Waals surface area contributed by atoms with Gasteiger partial charge >= 0.3 is 0 Å². The number of thiophene rings is 2. The Labute approximate surface area is 748 Å². The molecule has 0 amide bonds. The first-order valence-electron chi connectivity index (χ1n) is 41.2. The van der Waals surface area contributed by atoms with E-state index in [0.29, 0.717) is 65.3 Å². The maximum absolute atomic E-state index is 12.7. The molecule has 0 aromatic carbocycles. The number of nitrogens with zero attached hydrogens (tertiary/aromatic N) is 28. The van der Waals surface area contributed by atoms with E-state index < -0.39 is 25.6 Å². The smallest absolute Gasteiger partial charge is 0.252 e. The summed E-state index contributed by atoms with van der Waals surface area (Å²) < 4.78 is 76.8. The van der Waals surface area contributed by atoms with Crippen LogP contribution in [0.1, 0.15) is 61.5 Å². The number of nitrogens with two attached hydrogens (primary N) is 3. The highest BCUT2D eigenvalue weighted by molar-refractivity contribution is 7.91. The molecule has 11 N–H and O–H groups in total. The number of aryl methyl sites for hydroxylation is 8. The van der Waals surface area contributed by atoms with Crippen molar-refractivity contribution in [3.63, 3.8) is 0 Å². The number of hydrogen-bond acceptors (Lipinski definition) is 34. The van der Waals surface area contributed by atoms with E-state index in [-0.39, 0.29) is 18.7 Å². The zero-order valence-corrected chi connectivity index (χ0v) is 77.4. The van der Waals surface area contributed by atoms with Crippen LogP contribution in [0.15, 0.2) is 131 Å². The molecule has 0 aliphatic carbocycles. The molecule has 0 unspecified atom stereocenters. The number of aliphatic hydroxyl groups is 1. The lowest BCUT2D eigenvalue weighted by atomic mass is 9.89. The van der Waals surface area contributed by atoms with Crippen LogP contribution in [-0.4, -0.2) is 242 Å². The van der Waals surface area contributed by atoms with Crippen LogP contribution < -0.4 is 58.1 Å². The van der Waals surface area contributed by atoms with E-state index in [2.05, 4.69) is 103 Å². The number of anilines is 12. The van der Waals surface area contributed by atoms with Gasteiger partial charge in [-0.3, -0.25) is 18.7 Å². The van der Waals surface area contributed by atoms with Crippen LogP contribution >= 0.6 is 45.7 Å². The van der Waals surface area contributed by atoms with E-state index in [1.807, 2.05) is 143 Å². The summed E-state index contributed by atoms with van der Waals surface area (Å²) in [6, 6.07) is 16.0. The molecule has 20 heterocycles. The van der Waals surface area contributed by atoms with Crippen molar-refractivity contribution in [3.05, 3.63) is 145 Å². The molecule has 16 aromatic rings. The predicted octanol–water partition coefficient (Wildman–Crippen LogP) is 9.47. The highest BCUT2D eigenvalue weighted by atomic mass is 32.3. The van der Waals surface area contributed by atoms with Gasteiger partial charge in [-0.25, -0.2) is 45.4 Å². The van der Waals surface area contributed by atoms with Gasteiger partial charge in [-0.15, -0.1) is 22.7 Å². The highest BCUT2D eigenvalue weighted by Crippen LogP contribution is 2.41. The lowest BCUT2D eigenvalue weighted by Crippen LogP contribution is -2.56. The number of hydrogen-bond donors (Lipinski definition) is 8. The molecule has 127 heavy (non-hydrogen) atoms. The summed E-state index contributed by atoms with van der Waals surface area (Å²) in [6.45, 7) is 16.5. The van der Waals surface area contributed by atoms with Crippen molar-refractivity contribution in [3.8, 4) is 44.5 Å². The van der Waals surface area contributed by atoms with Crippen molar-refractivity contribution in [1.82, 2.24) is 115 Å². The van der Waals surface area contributed by atoms with Gasteiger partial charge < -0.3 is 63.2 Å². The summed E-state index contributed by atoms with van der Waals surface area (Å²) in [7, 11) is 6.61. The van der Waals surface area contributed by atoms with Crippen molar-refractivity contribution in [1.29, 1.82) is 0 Å². The van der Waals surface area contributed by atoms with Crippen LogP contribution in [0.2, 0.25) is 0 Å². The molecule has 0 bridgehead atoms. The van der Waals surface area contributed by atoms with E-state index in [1.165, 1.54) is 89.0 Å². The Kier molecular flexibility index (Phi) is 24.2. The van der Waals surface area contributed by atoms with Crippen LogP contribution in [-0.2, 0) is 48.2 Å². The maximum Gasteiger partial charge on any atom is 0.252 e. The summed E-state index contributed by atoms with van der Waals surface area (Å²) in [4.78, 5) is 28.6. The SMILES string of the molecule is CCC1CN(c2cc(Nc3cc(C)ns3)n3ncc(-c4cnn(C)c4)c3n2)C1.Cc1cc(Nc2cc(N3CC(N)C3)nc3c(-c4cnn(C)c4)cnn23)sc1S(=O)(=O)N(C)C.Cc1cc(Nc2cc(N3CCC(N)(CO)CC3)nc3c(-c4cnn(C)c4)cnn23)sn1.Cc1cc(Nc2cc(N3CCC(N)CC3)nc3c(-c4cnn(C)c4)cnn23)sc1S(=O)(=O)N(C)C. The minimum atomic E-state index is -3.53. The number of nitrogens with one attached hydrogen (secondary N) is 4. The number of piperidine rings is 2. The molecule has 0 atom stereocenters. The predicted molar refractivity (Wildman–Crippen MR) is 499 cm³/mol. The fraction of sp³-hybridized carbons (Fsp3) is 0.383. The first kappa shape index (κ1) is 87.1. The van der Waals surface area contributed by atoms with E-state index in [0.717, 1.165) is 183 Å². The molecule has 4 saturated heterocycles. The Balaban J connectivity index is 0.000000120. The summed E-state index contributed by atoms with van der Waals surface area (Å²) in [5, 5.41) is 62.1. The van der Waals surface area contributed by atoms with Crippen LogP contribution in [0.3, 0.4) is 0 Å². The molecule has 666 valence electrons. The van der Waals surface area contributed by atoms with Crippen LogP contribution in [0.25, 0.3) is 67.1 Å². The molecule has 0 saturated carbocycles. The maximum atomic E-state index is 12.7. The average molecular weight is 1840 g/mol. The van der Waals surface area contributed by atoms with Crippen LogP contribution in [0.5, 0.6) is 0 Å². The molecule has 4 aliphatic rings. The molecule has 4 aliphatic heterocycles. The second-order valence-corrected chi connectivity index (χ2v) is 41.3. The van der Waals surface area contributed by atoms with Gasteiger partial charge in [0.15, 0.2) is 22.6 Å². The fourth-order valence-electron chi connectivity index (χ4n) is 15.3. The van der Waals surface area contributed by atoms with Gasteiger partial charge in [0.2, 0.25) is 0 Å². The summed E-state index contributed by atoms with van der Waals surface area (Å²) in [5.41, 5.74) is 31.6. The number of aromatic nitrogens is 22. The van der Waals surface area contributed by atoms with Gasteiger partial charge in [0.25, 0.3) is 20.0 Å². The number of sulfonamides is 2. The van der Waals surface area contributed by atoms with Crippen molar-refractivity contribution in [2.75, 3.05) is 128 Å². The Morgan fingerprint density at radius 2 is 0.764 bits per heavy atom. The van der Waals surface area contributed by atoms with Crippen molar-refractivity contribution in [2.45, 2.75) is 92.8 Å². The lowest BCUT2D eigenvalue weighted by Gasteiger charge is -2.40. The largest absolute Gasteiger partial charge is 0.394 e. The Morgan fingerprint density at radius 1 is 0.441 bits per heavy atom. The monoisotopic (exact) mass is 1840 g/mol. The third-order valence-electron chi connectivity index (χ3n) is 22.7. The summed E-state index contributed by atoms with van der Waals surface area (Å²) in [5.74, 6) is 7.27. The lowest BCUT2D eigenvalue weighted by molar-refractivity contribution is 0.170. The van der Waals surface area contributed by atoms with Crippen molar-refractivity contribution in [2.24, 2.45) is 51.3 Å². The molecule has 0 radical (unpaired) electrons. The molecular weight excluding hydrogens is 1740 g/mol. The van der Waals surface area contributed by atoms with E-state index in [9.17, 15) is 21.9 Å². The minimum absolute atomic E-state index is 0.00137. The highest BCUT2D eigenvalue weighted by Gasteiger charge is 2.34. The fourth-order valence-corrected chi connectivity index (χ4v) is 22.1. The first-order chi connectivity index (χ1) is 60.8. The third kappa shape index (κ3) is 18.1. The topological polar surface area (TPSA) is 452 Å². The Bertz CT molecular complexity index is 6910. The summed E-state index contributed by atoms with van der Waals surface area (Å²) in [6.07, 6.45) is 26.7. The van der Waals surface area contributed by atoms with Gasteiger partial charge in [-0.1, -0.05) is 6.92 Å². The zero-order valence-electron chi connectivity index (χ0n) is 72.5. The average Bonchev–Trinajstić information content (AvgIpc) is 1.83. The quantitative estimate of drug-likeness (QED) is 0.0313. The molecule has 40 nitrogen and oxygen atoms in total. The van der Waals surface area contributed by atoms with Gasteiger partial charge in [-0.2, -0.15) is 67.6 Å². The van der Waals surface area contributed by atoms with E-state index in [4.69, 9.17) is 37.1 Å². The minimum Gasteiger partial charge on any atom is -0.394 e. The van der Waals surface area contributed by atoms with E-state index >= 15 is 0 Å². The number of aliphatic hydroxyl groups excluding tert-OH is 1. The van der Waals surface area contributed by atoms with Gasteiger partial charge in [-0.05, 0) is 124 Å². The normalized spacial score (nSPS) is 15.3.